The van der Waals surface area contributed by atoms with Crippen molar-refractivity contribution in [2.45, 2.75) is 183 Å². The zero-order chi connectivity index (χ0) is 85.5. The zero-order valence-corrected chi connectivity index (χ0v) is 63.2. The number of carboxylic acid groups (broad SMARTS) is 2. The number of nitrogens with one attached hydrogen (secondary N) is 18. The van der Waals surface area contributed by atoms with E-state index in [-0.39, 0.29) is 44.6 Å². The topological polar surface area (TPSA) is 727 Å². The molecule has 632 valence electrons. The quantitative estimate of drug-likeness (QED) is 0.0166. The van der Waals surface area contributed by atoms with Crippen molar-refractivity contribution in [1.29, 1.82) is 5.41 Å². The summed E-state index contributed by atoms with van der Waals surface area (Å²) in [6.45, 7) is -0.186. The molecule has 1 heterocycles. The largest absolute Gasteiger partial charge is 0.481 e. The number of nitrogens with two attached hydrogens (primary N) is 1. The summed E-state index contributed by atoms with van der Waals surface area (Å²) < 4.78 is 0. The third-order valence-electron chi connectivity index (χ3n) is 16.9. The van der Waals surface area contributed by atoms with Crippen LogP contribution in [0, 0.1) is 11.3 Å². The van der Waals surface area contributed by atoms with Gasteiger partial charge in [0.15, 0.2) is 12.0 Å². The number of benzene rings is 2. The van der Waals surface area contributed by atoms with Crippen LogP contribution in [0.15, 0.2) is 60.7 Å². The minimum Gasteiger partial charge on any atom is -0.481 e. The minimum absolute atomic E-state index is 0.0519. The van der Waals surface area contributed by atoms with Crippen LogP contribution in [-0.4, -0.2) is 308 Å². The first kappa shape index (κ1) is 96.6. The summed E-state index contributed by atoms with van der Waals surface area (Å²) >= 11 is 0. The standard InChI is InChI=1S/C69H105N19O26/c1-33(2)22-41(63(108)88-55(36(5)95)68(113)114)82-67(112)54(35(4)94)87-64(109)43(24-38-16-10-7-11-17-38)81-62(107)44(25-52(99)100)83-66(111)53(34(3)93)86-51(98)28-76-57(102)46(30-90)78-49(96)26-74-56(101)45(29-89)77-50(97)27-75-58(103)47(31-91)84-61(106)42(23-37-14-8-6-9-15-37)80-60(105)40(19-13-21-73-69(70)71)79-65(110)48(32-92)85-59(104)39-18-12-20-72-39/h6-11,14-17,33-36,39-48,53-55,72,89-95H,12-13,18-32H2,1-5H3,(H,74,101)(H,75,103)(H,76,102)(H,77,97)(H,78,96)(H,79,110)(H,80,105)(H,81,107)(H,82,112)(H,83,111)(H,84,106)(H,85,104)(H,86,98)(H,87,109)(H,88,108)(H,99,100)(H,113,114)(H4,70,71,73)/t34-,35-,36-,39+,40+,41+,42+,43+,44+,45+,46+,47+,48+,53+,54+,55+/m1/s1. The summed E-state index contributed by atoms with van der Waals surface area (Å²) in [4.78, 5) is 226. The van der Waals surface area contributed by atoms with E-state index < -0.39 is 256 Å². The first-order chi connectivity index (χ1) is 53.8. The Morgan fingerprint density at radius 1 is 0.430 bits per heavy atom. The second-order valence-corrected chi connectivity index (χ2v) is 26.9. The Hall–Kier alpha value is -11.6. The van der Waals surface area contributed by atoms with Gasteiger partial charge in [0.25, 0.3) is 0 Å². The van der Waals surface area contributed by atoms with Gasteiger partial charge in [-0.15, -0.1) is 0 Å². The smallest absolute Gasteiger partial charge is 0.328 e. The van der Waals surface area contributed by atoms with Crippen LogP contribution in [0.4, 0.5) is 0 Å². The van der Waals surface area contributed by atoms with E-state index in [1.54, 1.807) is 62.4 Å². The van der Waals surface area contributed by atoms with E-state index in [1.807, 2.05) is 10.6 Å². The van der Waals surface area contributed by atoms with Gasteiger partial charge in [-0.25, -0.2) is 4.79 Å². The lowest BCUT2D eigenvalue weighted by atomic mass is 10.0. The van der Waals surface area contributed by atoms with Gasteiger partial charge in [0.2, 0.25) is 88.6 Å². The van der Waals surface area contributed by atoms with E-state index >= 15 is 0 Å². The van der Waals surface area contributed by atoms with Crippen molar-refractivity contribution in [3.8, 4) is 0 Å². The van der Waals surface area contributed by atoms with Crippen molar-refractivity contribution in [2.75, 3.05) is 59.2 Å². The van der Waals surface area contributed by atoms with Crippen molar-refractivity contribution < 1.29 is 127 Å². The molecule has 2 aromatic rings. The Bertz CT molecular complexity index is 3630. The van der Waals surface area contributed by atoms with Crippen LogP contribution in [-0.2, 0) is 94.3 Å². The number of carbonyl (C=O) groups excluding carboxylic acids is 15. The number of hydrogen-bond donors (Lipinski definition) is 28. The van der Waals surface area contributed by atoms with Crippen LogP contribution in [0.1, 0.15) is 84.3 Å². The van der Waals surface area contributed by atoms with E-state index in [0.29, 0.717) is 30.5 Å². The van der Waals surface area contributed by atoms with Gasteiger partial charge in [-0.05, 0) is 76.5 Å². The first-order valence-electron chi connectivity index (χ1n) is 36.1. The number of guanidine groups is 1. The minimum atomic E-state index is -2.10. The summed E-state index contributed by atoms with van der Waals surface area (Å²) in [5.41, 5.74) is 6.24. The summed E-state index contributed by atoms with van der Waals surface area (Å²) in [5.74, 6) is -21.0. The molecule has 15 amide bonds. The summed E-state index contributed by atoms with van der Waals surface area (Å²) in [5, 5.41) is 137. The van der Waals surface area contributed by atoms with Crippen molar-refractivity contribution >= 4 is 107 Å². The van der Waals surface area contributed by atoms with Crippen LogP contribution < -0.4 is 96.1 Å². The van der Waals surface area contributed by atoms with Crippen LogP contribution in [0.25, 0.3) is 0 Å². The number of hydrogen-bond acceptors (Lipinski definition) is 26. The molecule has 0 bridgehead atoms. The average molecular weight is 1620 g/mol. The Labute approximate surface area is 653 Å². The van der Waals surface area contributed by atoms with Crippen LogP contribution in [0.3, 0.4) is 0 Å². The summed E-state index contributed by atoms with van der Waals surface area (Å²) in [6.07, 6.45) is -5.96. The van der Waals surface area contributed by atoms with Crippen molar-refractivity contribution in [3.63, 3.8) is 0 Å². The molecule has 0 radical (unpaired) electrons. The predicted octanol–water partition coefficient (Wildman–Crippen LogP) is -12.6. The van der Waals surface area contributed by atoms with E-state index in [1.165, 1.54) is 12.1 Å². The molecule has 0 aromatic heterocycles. The molecule has 0 unspecified atom stereocenters. The SMILES string of the molecule is CC(C)C[C@H](NC(=O)[C@@H](NC(=O)[C@H](Cc1ccccc1)NC(=O)[C@H](CC(=O)O)NC(=O)[C@@H](NC(=O)CNC(=O)[C@H](CO)NC(=O)CNC(=O)[C@H](CO)NC(=O)CNC(=O)[C@H](CO)NC(=O)[C@H](Cc1ccccc1)NC(=O)[C@H](CCCNC(=N)N)NC(=O)[C@H](CO)NC(=O)[C@@H]1CCCN1)[C@@H](C)O)[C@@H](C)O)C(=O)N[C@H](C(=O)O)[C@@H](C)O. The second kappa shape index (κ2) is 49.7. The Morgan fingerprint density at radius 3 is 1.20 bits per heavy atom. The summed E-state index contributed by atoms with van der Waals surface area (Å²) in [6, 6.07) is -5.84. The molecule has 1 fully saturated rings. The van der Waals surface area contributed by atoms with Crippen LogP contribution in [0.5, 0.6) is 0 Å². The molecule has 1 saturated heterocycles. The highest BCUT2D eigenvalue weighted by Crippen LogP contribution is 2.13. The molecule has 16 atom stereocenters. The van der Waals surface area contributed by atoms with Gasteiger partial charge in [0.1, 0.15) is 66.5 Å². The summed E-state index contributed by atoms with van der Waals surface area (Å²) in [7, 11) is 0. The van der Waals surface area contributed by atoms with Gasteiger partial charge in [-0.3, -0.25) is 82.1 Å². The van der Waals surface area contributed by atoms with Gasteiger partial charge >= 0.3 is 11.9 Å². The van der Waals surface area contributed by atoms with E-state index in [4.69, 9.17) is 11.1 Å². The Balaban J connectivity index is 1.63. The van der Waals surface area contributed by atoms with Crippen LogP contribution >= 0.6 is 0 Å². The number of aliphatic hydroxyl groups is 7. The molecule has 0 aliphatic carbocycles. The lowest BCUT2D eigenvalue weighted by molar-refractivity contribution is -0.145. The third kappa shape index (κ3) is 34.6. The molecule has 2 aromatic carbocycles. The predicted molar refractivity (Wildman–Crippen MR) is 395 cm³/mol. The molecule has 114 heavy (non-hydrogen) atoms. The van der Waals surface area contributed by atoms with Crippen molar-refractivity contribution in [3.05, 3.63) is 71.8 Å². The van der Waals surface area contributed by atoms with E-state index in [9.17, 15) is 127 Å². The van der Waals surface area contributed by atoms with Gasteiger partial charge < -0.3 is 142 Å². The van der Waals surface area contributed by atoms with Gasteiger partial charge in [0.05, 0.1) is 76.8 Å². The molecule has 0 saturated carbocycles. The fourth-order valence-electron chi connectivity index (χ4n) is 10.9. The first-order valence-corrected chi connectivity index (χ1v) is 36.1. The van der Waals surface area contributed by atoms with Gasteiger partial charge in [0, 0.05) is 19.4 Å². The highest BCUT2D eigenvalue weighted by molar-refractivity contribution is 6.01. The maximum atomic E-state index is 14.1. The molecular formula is C69H105N19O26. The van der Waals surface area contributed by atoms with Gasteiger partial charge in [-0.2, -0.15) is 0 Å². The highest BCUT2D eigenvalue weighted by atomic mass is 16.4. The maximum absolute atomic E-state index is 14.1. The lowest BCUT2D eigenvalue weighted by Gasteiger charge is -2.29. The van der Waals surface area contributed by atoms with E-state index in [0.717, 1.165) is 20.8 Å². The number of aliphatic hydroxyl groups excluding tert-OH is 7. The number of rotatable bonds is 50. The number of aliphatic carboxylic acids is 2. The van der Waals surface area contributed by atoms with Gasteiger partial charge in [-0.1, -0.05) is 74.5 Å². The normalized spacial score (nSPS) is 16.3. The molecule has 45 heteroatoms. The number of carboxylic acids is 2. The van der Waals surface area contributed by atoms with Crippen LogP contribution in [0.2, 0.25) is 0 Å². The molecule has 3 rings (SSSR count). The second-order valence-electron chi connectivity index (χ2n) is 26.9. The molecule has 29 N–H and O–H groups in total. The molecular weight excluding hydrogens is 1510 g/mol. The molecule has 1 aliphatic rings. The monoisotopic (exact) mass is 1620 g/mol. The van der Waals surface area contributed by atoms with Crippen molar-refractivity contribution in [2.24, 2.45) is 11.7 Å². The van der Waals surface area contributed by atoms with E-state index in [2.05, 4.69) is 79.8 Å². The molecule has 1 aliphatic heterocycles. The fraction of sp³-hybridized carbons (Fsp3) is 0.565. The molecule has 0 spiro atoms. The maximum Gasteiger partial charge on any atom is 0.328 e. The number of amides is 15. The Morgan fingerprint density at radius 2 is 0.789 bits per heavy atom. The fourth-order valence-corrected chi connectivity index (χ4v) is 10.9. The zero-order valence-electron chi connectivity index (χ0n) is 63.2. The lowest BCUT2D eigenvalue weighted by Crippen LogP contribution is -2.62. The third-order valence-corrected chi connectivity index (χ3v) is 16.9. The van der Waals surface area contributed by atoms with Crippen molar-refractivity contribution in [1.82, 2.24) is 90.4 Å². The highest BCUT2D eigenvalue weighted by Gasteiger charge is 2.39. The average Bonchev–Trinajstić information content (AvgIpc) is 0.992. The molecule has 45 nitrogen and oxygen atoms in total. The Kier molecular flexibility index (Phi) is 42.1. The number of carbonyl (C=O) groups is 17.